The number of rotatable bonds is 7. The summed E-state index contributed by atoms with van der Waals surface area (Å²) in [5, 5.41) is 13.4. The van der Waals surface area contributed by atoms with Crippen LogP contribution in [0.1, 0.15) is 50.0 Å². The van der Waals surface area contributed by atoms with Gasteiger partial charge < -0.3 is 19.2 Å². The monoisotopic (exact) mass is 408 g/mol. The van der Waals surface area contributed by atoms with Crippen molar-refractivity contribution >= 4 is 16.9 Å². The third-order valence-corrected chi connectivity index (χ3v) is 5.57. The highest BCUT2D eigenvalue weighted by atomic mass is 16.3. The number of aromatic nitrogens is 3. The summed E-state index contributed by atoms with van der Waals surface area (Å²) in [6.45, 7) is 5.42. The highest BCUT2D eigenvalue weighted by molar-refractivity contribution is 5.80. The molecular formula is C23H32N6O. The fraction of sp³-hybridized carbons (Fsp3) is 0.522. The largest absolute Gasteiger partial charge is 0.459 e. The lowest BCUT2D eigenvalue weighted by atomic mass is 10.2. The molecule has 2 aromatic heterocycles. The van der Waals surface area contributed by atoms with Gasteiger partial charge in [-0.25, -0.2) is 0 Å². The van der Waals surface area contributed by atoms with Gasteiger partial charge in [0.05, 0.1) is 6.54 Å². The summed E-state index contributed by atoms with van der Waals surface area (Å²) in [4.78, 5) is 6.94. The molecule has 0 aliphatic carbocycles. The zero-order valence-electron chi connectivity index (χ0n) is 18.1. The number of nitrogens with one attached hydrogen (secondary N) is 1. The van der Waals surface area contributed by atoms with Crippen molar-refractivity contribution in [2.75, 3.05) is 20.1 Å². The van der Waals surface area contributed by atoms with Crippen molar-refractivity contribution in [3.8, 4) is 0 Å². The molecule has 1 N–H and O–H groups in total. The number of fused-ring (bicyclic) bond motifs is 2. The van der Waals surface area contributed by atoms with Crippen molar-refractivity contribution in [1.82, 2.24) is 25.0 Å². The van der Waals surface area contributed by atoms with Crippen LogP contribution < -0.4 is 5.32 Å². The van der Waals surface area contributed by atoms with E-state index in [1.165, 1.54) is 19.3 Å². The minimum Gasteiger partial charge on any atom is -0.459 e. The molecule has 0 amide bonds. The number of aryl methyl sites for hydroxylation is 2. The maximum atomic E-state index is 5.96. The third-order valence-electron chi connectivity index (χ3n) is 5.57. The summed E-state index contributed by atoms with van der Waals surface area (Å²) >= 11 is 0. The molecule has 1 aliphatic heterocycles. The average Bonchev–Trinajstić information content (AvgIpc) is 3.25. The van der Waals surface area contributed by atoms with Crippen LogP contribution in [0.15, 0.2) is 39.7 Å². The van der Waals surface area contributed by atoms with Crippen LogP contribution in [0, 0.1) is 0 Å². The molecule has 4 rings (SSSR count). The molecule has 7 nitrogen and oxygen atoms in total. The van der Waals surface area contributed by atoms with Gasteiger partial charge in [-0.15, -0.1) is 10.2 Å². The van der Waals surface area contributed by atoms with Crippen molar-refractivity contribution in [2.24, 2.45) is 4.99 Å². The Morgan fingerprint density at radius 2 is 2.13 bits per heavy atom. The molecule has 7 heteroatoms. The highest BCUT2D eigenvalue weighted by Crippen LogP contribution is 2.20. The van der Waals surface area contributed by atoms with E-state index in [0.29, 0.717) is 6.54 Å². The van der Waals surface area contributed by atoms with Gasteiger partial charge in [-0.1, -0.05) is 24.6 Å². The molecule has 0 spiro atoms. The molecule has 30 heavy (non-hydrogen) atoms. The van der Waals surface area contributed by atoms with Crippen LogP contribution in [-0.2, 0) is 25.9 Å². The van der Waals surface area contributed by atoms with E-state index in [4.69, 9.17) is 9.41 Å². The van der Waals surface area contributed by atoms with E-state index in [0.717, 1.165) is 73.2 Å². The van der Waals surface area contributed by atoms with Crippen LogP contribution in [0.5, 0.6) is 0 Å². The maximum absolute atomic E-state index is 5.96. The van der Waals surface area contributed by atoms with Gasteiger partial charge in [0.15, 0.2) is 5.96 Å². The summed E-state index contributed by atoms with van der Waals surface area (Å²) < 4.78 is 8.29. The van der Waals surface area contributed by atoms with Crippen molar-refractivity contribution in [3.05, 3.63) is 47.7 Å². The lowest BCUT2D eigenvalue weighted by molar-refractivity contribution is 0.412. The van der Waals surface area contributed by atoms with Crippen LogP contribution in [0.2, 0.25) is 0 Å². The molecule has 0 saturated carbocycles. The predicted molar refractivity (Wildman–Crippen MR) is 120 cm³/mol. The summed E-state index contributed by atoms with van der Waals surface area (Å²) in [5.74, 6) is 4.11. The highest BCUT2D eigenvalue weighted by Gasteiger charge is 2.14. The van der Waals surface area contributed by atoms with Gasteiger partial charge in [0, 0.05) is 44.9 Å². The van der Waals surface area contributed by atoms with Crippen molar-refractivity contribution < 1.29 is 4.42 Å². The average molecular weight is 409 g/mol. The van der Waals surface area contributed by atoms with Gasteiger partial charge in [-0.2, -0.15) is 0 Å². The minimum absolute atomic E-state index is 0.679. The first-order chi connectivity index (χ1) is 14.7. The molecule has 1 aromatic carbocycles. The summed E-state index contributed by atoms with van der Waals surface area (Å²) in [6.07, 6.45) is 6.69. The van der Waals surface area contributed by atoms with E-state index in [1.807, 2.05) is 25.2 Å². The van der Waals surface area contributed by atoms with Crippen LogP contribution >= 0.6 is 0 Å². The zero-order chi connectivity index (χ0) is 20.8. The van der Waals surface area contributed by atoms with Crippen molar-refractivity contribution in [3.63, 3.8) is 0 Å². The molecule has 0 saturated heterocycles. The number of para-hydroxylation sites is 1. The van der Waals surface area contributed by atoms with Gasteiger partial charge in [0.2, 0.25) is 0 Å². The number of nitrogens with zero attached hydrogens (tertiary/aromatic N) is 5. The molecule has 0 unspecified atom stereocenters. The maximum Gasteiger partial charge on any atom is 0.194 e. The van der Waals surface area contributed by atoms with Gasteiger partial charge in [0.25, 0.3) is 0 Å². The first kappa shape index (κ1) is 20.4. The normalized spacial score (nSPS) is 14.5. The number of aliphatic imine (C=N–C) groups is 1. The number of hydrogen-bond donors (Lipinski definition) is 1. The second-order valence-electron chi connectivity index (χ2n) is 7.94. The van der Waals surface area contributed by atoms with Crippen LogP contribution in [0.3, 0.4) is 0 Å². The fourth-order valence-corrected chi connectivity index (χ4v) is 4.05. The van der Waals surface area contributed by atoms with Crippen LogP contribution in [0.25, 0.3) is 11.0 Å². The first-order valence-corrected chi connectivity index (χ1v) is 11.1. The van der Waals surface area contributed by atoms with Crippen LogP contribution in [-0.4, -0.2) is 45.8 Å². The second kappa shape index (κ2) is 9.78. The molecule has 160 valence electrons. The molecule has 3 heterocycles. The molecule has 3 aromatic rings. The van der Waals surface area contributed by atoms with Crippen LogP contribution in [0.4, 0.5) is 0 Å². The van der Waals surface area contributed by atoms with Crippen molar-refractivity contribution in [1.29, 1.82) is 0 Å². The topological polar surface area (TPSA) is 71.5 Å². The Balaban J connectivity index is 1.34. The van der Waals surface area contributed by atoms with E-state index >= 15 is 0 Å². The molecule has 1 aliphatic rings. The van der Waals surface area contributed by atoms with E-state index in [2.05, 4.69) is 44.0 Å². The van der Waals surface area contributed by atoms with Gasteiger partial charge >= 0.3 is 0 Å². The third kappa shape index (κ3) is 4.83. The Morgan fingerprint density at radius 1 is 1.23 bits per heavy atom. The summed E-state index contributed by atoms with van der Waals surface area (Å²) in [5.41, 5.74) is 0.926. The summed E-state index contributed by atoms with van der Waals surface area (Å²) in [6, 6.07) is 10.2. The number of guanidine groups is 1. The van der Waals surface area contributed by atoms with E-state index in [9.17, 15) is 0 Å². The molecule has 0 bridgehead atoms. The SMILES string of the molecule is CCNC(=NCCCc1nnc2n1CCCCC2)N(C)Cc1cc2ccccc2o1. The number of benzene rings is 1. The molecule has 0 fully saturated rings. The first-order valence-electron chi connectivity index (χ1n) is 11.1. The summed E-state index contributed by atoms with van der Waals surface area (Å²) in [7, 11) is 2.05. The molecule has 0 atom stereocenters. The van der Waals surface area contributed by atoms with E-state index < -0.39 is 0 Å². The standard InChI is InChI=1S/C23H32N6O/c1-3-24-23(28(2)17-19-16-18-10-6-7-11-20(18)30-19)25-14-9-13-22-27-26-21-12-5-4-8-15-29(21)22/h6-7,10-11,16H,3-5,8-9,12-15,17H2,1-2H3,(H,24,25). The lowest BCUT2D eigenvalue weighted by Crippen LogP contribution is -2.38. The Morgan fingerprint density at radius 3 is 3.00 bits per heavy atom. The minimum atomic E-state index is 0.679. The number of furan rings is 1. The molecule has 0 radical (unpaired) electrons. The van der Waals surface area contributed by atoms with Crippen molar-refractivity contribution in [2.45, 2.75) is 58.5 Å². The zero-order valence-corrected chi connectivity index (χ0v) is 18.1. The quantitative estimate of drug-likeness (QED) is 0.366. The Labute approximate surface area is 178 Å². The smallest absolute Gasteiger partial charge is 0.194 e. The predicted octanol–water partition coefficient (Wildman–Crippen LogP) is 3.78. The van der Waals surface area contributed by atoms with Gasteiger partial charge in [0.1, 0.15) is 23.0 Å². The Bertz CT molecular complexity index is 956. The molecular weight excluding hydrogens is 376 g/mol. The fourth-order valence-electron chi connectivity index (χ4n) is 4.05. The van der Waals surface area contributed by atoms with E-state index in [-0.39, 0.29) is 0 Å². The Kier molecular flexibility index (Phi) is 6.67. The number of hydrogen-bond acceptors (Lipinski definition) is 4. The van der Waals surface area contributed by atoms with Gasteiger partial charge in [-0.3, -0.25) is 4.99 Å². The van der Waals surface area contributed by atoms with E-state index in [1.54, 1.807) is 0 Å². The Hall–Kier alpha value is -2.83. The van der Waals surface area contributed by atoms with Gasteiger partial charge in [-0.05, 0) is 38.3 Å². The lowest BCUT2D eigenvalue weighted by Gasteiger charge is -2.21. The second-order valence-corrected chi connectivity index (χ2v) is 7.94.